The second-order valence-corrected chi connectivity index (χ2v) is 8.44. The lowest BCUT2D eigenvalue weighted by molar-refractivity contribution is -0.403. The van der Waals surface area contributed by atoms with Gasteiger partial charge in [0, 0.05) is 51.9 Å². The molecule has 0 aromatic heterocycles. The molecule has 1 atom stereocenters. The summed E-state index contributed by atoms with van der Waals surface area (Å²) in [5.41, 5.74) is 0. The average Bonchev–Trinajstić information content (AvgIpc) is 2.71. The van der Waals surface area contributed by atoms with Crippen LogP contribution in [0.4, 0.5) is 0 Å². The monoisotopic (exact) mass is 414 g/mol. The van der Waals surface area contributed by atoms with E-state index in [2.05, 4.69) is 23.8 Å². The number of hydrogen-bond donors (Lipinski definition) is 0. The maximum absolute atomic E-state index is 6.16. The van der Waals surface area contributed by atoms with Crippen molar-refractivity contribution in [2.75, 3.05) is 59.6 Å². The van der Waals surface area contributed by atoms with Crippen molar-refractivity contribution in [2.24, 2.45) is 5.92 Å². The summed E-state index contributed by atoms with van der Waals surface area (Å²) in [6, 6.07) is 0. The Balaban J connectivity index is 2.63. The van der Waals surface area contributed by atoms with Crippen molar-refractivity contribution in [3.63, 3.8) is 0 Å². The molecule has 0 N–H and O–H groups in total. The summed E-state index contributed by atoms with van der Waals surface area (Å²) in [6.45, 7) is 16.2. The fraction of sp³-hybridized carbons (Fsp3) is 1.00. The Hall–Kier alpha value is -0.200. The van der Waals surface area contributed by atoms with Crippen LogP contribution in [0.25, 0.3) is 0 Å². The fourth-order valence-electron chi connectivity index (χ4n) is 4.38. The molecule has 0 radical (unpaired) electrons. The van der Waals surface area contributed by atoms with Gasteiger partial charge in [-0.15, -0.1) is 0 Å². The van der Waals surface area contributed by atoms with Gasteiger partial charge in [0.05, 0.1) is 0 Å². The van der Waals surface area contributed by atoms with Crippen molar-refractivity contribution in [3.8, 4) is 0 Å². The second kappa shape index (κ2) is 16.5. The van der Waals surface area contributed by atoms with Crippen LogP contribution in [0.5, 0.6) is 0 Å². The van der Waals surface area contributed by atoms with Gasteiger partial charge in [0.1, 0.15) is 0 Å². The molecule has 174 valence electrons. The van der Waals surface area contributed by atoms with E-state index in [4.69, 9.17) is 14.2 Å². The molecule has 1 aliphatic rings. The molecule has 1 rings (SSSR count). The zero-order chi connectivity index (χ0) is 21.4. The Morgan fingerprint density at radius 1 is 0.690 bits per heavy atom. The average molecular weight is 415 g/mol. The van der Waals surface area contributed by atoms with E-state index in [1.54, 1.807) is 0 Å². The first-order valence-corrected chi connectivity index (χ1v) is 12.4. The summed E-state index contributed by atoms with van der Waals surface area (Å²) >= 11 is 0. The molecule has 5 heteroatoms. The molecular weight excluding hydrogens is 364 g/mol. The third-order valence-electron chi connectivity index (χ3n) is 6.07. The maximum atomic E-state index is 6.16. The smallest absolute Gasteiger partial charge is 0.285 e. The first kappa shape index (κ1) is 26.8. The van der Waals surface area contributed by atoms with Crippen molar-refractivity contribution in [3.05, 3.63) is 0 Å². The first-order valence-electron chi connectivity index (χ1n) is 12.4. The van der Waals surface area contributed by atoms with Gasteiger partial charge in [-0.2, -0.15) is 0 Å². The molecular formula is C24H50N2O3. The quantitative estimate of drug-likeness (QED) is 0.229. The molecule has 0 aromatic rings. The summed E-state index contributed by atoms with van der Waals surface area (Å²) in [7, 11) is 2.22. The molecule has 1 unspecified atom stereocenters. The van der Waals surface area contributed by atoms with Crippen LogP contribution in [-0.4, -0.2) is 75.4 Å². The molecule has 29 heavy (non-hydrogen) atoms. The number of piperazine rings is 1. The summed E-state index contributed by atoms with van der Waals surface area (Å²) in [6.07, 6.45) is 11.3. The second-order valence-electron chi connectivity index (χ2n) is 8.44. The number of likely N-dealkylation sites (N-methyl/N-ethyl adjacent to an activating group) is 1. The van der Waals surface area contributed by atoms with Gasteiger partial charge in [-0.25, -0.2) is 0 Å². The van der Waals surface area contributed by atoms with E-state index in [-0.39, 0.29) is 0 Å². The van der Waals surface area contributed by atoms with Crippen LogP contribution in [0.1, 0.15) is 85.5 Å². The van der Waals surface area contributed by atoms with Gasteiger partial charge in [-0.1, -0.05) is 45.4 Å². The van der Waals surface area contributed by atoms with E-state index in [1.165, 1.54) is 77.7 Å². The van der Waals surface area contributed by atoms with Gasteiger partial charge < -0.3 is 24.0 Å². The minimum Gasteiger partial charge on any atom is -0.328 e. The van der Waals surface area contributed by atoms with E-state index in [1.807, 2.05) is 20.8 Å². The van der Waals surface area contributed by atoms with Crippen LogP contribution in [0, 0.1) is 5.92 Å². The summed E-state index contributed by atoms with van der Waals surface area (Å²) in [5.74, 6) is -0.579. The zero-order valence-corrected chi connectivity index (χ0v) is 20.2. The number of rotatable bonds is 18. The van der Waals surface area contributed by atoms with E-state index < -0.39 is 5.97 Å². The normalized spacial score (nSPS) is 17.7. The van der Waals surface area contributed by atoms with Crippen molar-refractivity contribution in [1.29, 1.82) is 0 Å². The standard InChI is InChI=1S/C24H50N2O3/c1-6-10-11-12-13-14-16-23(24(27-7-2,28-8-3)29-9-4)17-15-18-26-21-19-25(5)20-22-26/h23H,6-22H2,1-5H3. The van der Waals surface area contributed by atoms with Crippen molar-refractivity contribution in [1.82, 2.24) is 9.80 Å². The molecule has 0 bridgehead atoms. The maximum Gasteiger partial charge on any atom is 0.285 e. The largest absolute Gasteiger partial charge is 0.328 e. The summed E-state index contributed by atoms with van der Waals surface area (Å²) in [5, 5.41) is 0. The highest BCUT2D eigenvalue weighted by Crippen LogP contribution is 2.34. The highest BCUT2D eigenvalue weighted by Gasteiger charge is 2.41. The molecule has 1 heterocycles. The van der Waals surface area contributed by atoms with Crippen molar-refractivity contribution >= 4 is 0 Å². The van der Waals surface area contributed by atoms with E-state index in [0.717, 1.165) is 12.8 Å². The van der Waals surface area contributed by atoms with E-state index >= 15 is 0 Å². The fourth-order valence-corrected chi connectivity index (χ4v) is 4.38. The van der Waals surface area contributed by atoms with Crippen LogP contribution in [0.15, 0.2) is 0 Å². The van der Waals surface area contributed by atoms with Crippen LogP contribution < -0.4 is 0 Å². The summed E-state index contributed by atoms with van der Waals surface area (Å²) < 4.78 is 18.5. The molecule has 0 aliphatic carbocycles. The topological polar surface area (TPSA) is 34.2 Å². The number of hydrogen-bond acceptors (Lipinski definition) is 5. The van der Waals surface area contributed by atoms with Gasteiger partial charge in [0.15, 0.2) is 0 Å². The Morgan fingerprint density at radius 3 is 1.76 bits per heavy atom. The highest BCUT2D eigenvalue weighted by molar-refractivity contribution is 4.75. The lowest BCUT2D eigenvalue weighted by Gasteiger charge is -2.39. The number of ether oxygens (including phenoxy) is 3. The lowest BCUT2D eigenvalue weighted by Crippen LogP contribution is -2.47. The van der Waals surface area contributed by atoms with Gasteiger partial charge >= 0.3 is 0 Å². The van der Waals surface area contributed by atoms with Crippen LogP contribution >= 0.6 is 0 Å². The SMILES string of the molecule is CCCCCCCCC(CCCN1CCN(C)CC1)C(OCC)(OCC)OCC. The Kier molecular flexibility index (Phi) is 15.3. The van der Waals surface area contributed by atoms with Crippen molar-refractivity contribution in [2.45, 2.75) is 91.5 Å². The minimum atomic E-state index is -0.871. The predicted octanol–water partition coefficient (Wildman–Crippen LogP) is 5.14. The van der Waals surface area contributed by atoms with Gasteiger partial charge in [-0.05, 0) is 53.6 Å². The number of unbranched alkanes of at least 4 members (excludes halogenated alkanes) is 5. The third kappa shape index (κ3) is 10.6. The Bertz CT molecular complexity index is 356. The molecule has 1 saturated heterocycles. The van der Waals surface area contributed by atoms with Crippen LogP contribution in [-0.2, 0) is 14.2 Å². The predicted molar refractivity (Wildman–Crippen MR) is 122 cm³/mol. The molecule has 1 fully saturated rings. The molecule has 0 saturated carbocycles. The molecule has 0 amide bonds. The van der Waals surface area contributed by atoms with Crippen LogP contribution in [0.2, 0.25) is 0 Å². The third-order valence-corrected chi connectivity index (χ3v) is 6.07. The van der Waals surface area contributed by atoms with Gasteiger partial charge in [0.25, 0.3) is 5.97 Å². The van der Waals surface area contributed by atoms with Gasteiger partial charge in [0.2, 0.25) is 0 Å². The molecule has 0 aromatic carbocycles. The van der Waals surface area contributed by atoms with E-state index in [9.17, 15) is 0 Å². The minimum absolute atomic E-state index is 0.293. The van der Waals surface area contributed by atoms with Crippen molar-refractivity contribution < 1.29 is 14.2 Å². The van der Waals surface area contributed by atoms with E-state index in [0.29, 0.717) is 25.7 Å². The Morgan fingerprint density at radius 2 is 1.21 bits per heavy atom. The molecule has 5 nitrogen and oxygen atoms in total. The molecule has 1 aliphatic heterocycles. The first-order chi connectivity index (χ1) is 14.1. The Labute approximate surface area is 181 Å². The molecule has 0 spiro atoms. The van der Waals surface area contributed by atoms with Crippen LogP contribution in [0.3, 0.4) is 0 Å². The zero-order valence-electron chi connectivity index (χ0n) is 20.2. The summed E-state index contributed by atoms with van der Waals surface area (Å²) in [4.78, 5) is 5.02. The highest BCUT2D eigenvalue weighted by atomic mass is 16.9. The van der Waals surface area contributed by atoms with Gasteiger partial charge in [-0.3, -0.25) is 0 Å². The lowest BCUT2D eigenvalue weighted by atomic mass is 9.92. The number of nitrogens with zero attached hydrogens (tertiary/aromatic N) is 2.